The minimum absolute atomic E-state index is 0.0819. The Kier molecular flexibility index (Phi) is 6.51. The van der Waals surface area contributed by atoms with Gasteiger partial charge in [0, 0.05) is 37.6 Å². The van der Waals surface area contributed by atoms with E-state index < -0.39 is 0 Å². The summed E-state index contributed by atoms with van der Waals surface area (Å²) in [7, 11) is 2.17. The molecule has 2 aromatic rings. The fraction of sp³-hybridized carbons (Fsp3) is 0.435. The van der Waals surface area contributed by atoms with Gasteiger partial charge in [0.15, 0.2) is 0 Å². The van der Waals surface area contributed by atoms with Gasteiger partial charge in [-0.2, -0.15) is 0 Å². The number of hydrogen-bond donors (Lipinski definition) is 1. The second kappa shape index (κ2) is 9.05. The Balaban J connectivity index is 1.71. The first-order valence-corrected chi connectivity index (χ1v) is 9.98. The van der Waals surface area contributed by atoms with Crippen LogP contribution in [0.15, 0.2) is 48.5 Å². The van der Waals surface area contributed by atoms with Crippen LogP contribution in [0, 0.1) is 6.92 Å². The molecule has 27 heavy (non-hydrogen) atoms. The molecule has 4 heteroatoms. The maximum atomic E-state index is 13.0. The predicted octanol–water partition coefficient (Wildman–Crippen LogP) is 4.27. The van der Waals surface area contributed by atoms with E-state index >= 15 is 0 Å². The SMILES string of the molecule is CCCC(C(=O)Nc1ccc(N2CCN(C)CC2)cc1C)c1ccccc1. The summed E-state index contributed by atoms with van der Waals surface area (Å²) >= 11 is 0. The zero-order valence-corrected chi connectivity index (χ0v) is 16.7. The summed E-state index contributed by atoms with van der Waals surface area (Å²) in [5.74, 6) is -0.0218. The molecule has 0 aromatic heterocycles. The van der Waals surface area contributed by atoms with Crippen LogP contribution in [0.3, 0.4) is 0 Å². The lowest BCUT2D eigenvalue weighted by Crippen LogP contribution is -2.44. The molecule has 1 fully saturated rings. The van der Waals surface area contributed by atoms with Crippen LogP contribution in [-0.4, -0.2) is 44.0 Å². The van der Waals surface area contributed by atoms with E-state index in [2.05, 4.69) is 54.2 Å². The summed E-state index contributed by atoms with van der Waals surface area (Å²) in [6, 6.07) is 16.5. The van der Waals surface area contributed by atoms with Crippen LogP contribution in [0.1, 0.15) is 36.8 Å². The number of anilines is 2. The molecule has 1 aliphatic rings. The van der Waals surface area contributed by atoms with E-state index in [0.717, 1.165) is 55.8 Å². The quantitative estimate of drug-likeness (QED) is 0.830. The largest absolute Gasteiger partial charge is 0.369 e. The third kappa shape index (κ3) is 4.89. The molecule has 0 bridgehead atoms. The molecule has 1 N–H and O–H groups in total. The van der Waals surface area contributed by atoms with Crippen LogP contribution < -0.4 is 10.2 Å². The molecule has 0 saturated carbocycles. The van der Waals surface area contributed by atoms with E-state index in [1.807, 2.05) is 30.3 Å². The fourth-order valence-corrected chi connectivity index (χ4v) is 3.69. The van der Waals surface area contributed by atoms with Crippen molar-refractivity contribution in [1.29, 1.82) is 0 Å². The Morgan fingerprint density at radius 3 is 2.41 bits per heavy atom. The molecule has 1 heterocycles. The number of benzene rings is 2. The van der Waals surface area contributed by atoms with Crippen molar-refractivity contribution >= 4 is 17.3 Å². The maximum Gasteiger partial charge on any atom is 0.231 e. The number of piperazine rings is 1. The average Bonchev–Trinajstić information content (AvgIpc) is 2.69. The van der Waals surface area contributed by atoms with Gasteiger partial charge in [-0.15, -0.1) is 0 Å². The summed E-state index contributed by atoms with van der Waals surface area (Å²) in [6.45, 7) is 8.48. The minimum atomic E-state index is -0.104. The molecule has 1 amide bonds. The van der Waals surface area contributed by atoms with E-state index in [0.29, 0.717) is 0 Å². The topological polar surface area (TPSA) is 35.6 Å². The number of nitrogens with zero attached hydrogens (tertiary/aromatic N) is 2. The van der Waals surface area contributed by atoms with Gasteiger partial charge in [0.1, 0.15) is 0 Å². The van der Waals surface area contributed by atoms with Gasteiger partial charge in [-0.3, -0.25) is 4.79 Å². The molecule has 4 nitrogen and oxygen atoms in total. The molecule has 1 unspecified atom stereocenters. The number of aryl methyl sites for hydroxylation is 1. The average molecular weight is 366 g/mol. The van der Waals surface area contributed by atoms with Crippen molar-refractivity contribution < 1.29 is 4.79 Å². The standard InChI is InChI=1S/C23H31N3O/c1-4-8-21(19-9-6-5-7-10-19)23(27)24-22-12-11-20(17-18(22)2)26-15-13-25(3)14-16-26/h5-7,9-12,17,21H,4,8,13-16H2,1-3H3,(H,24,27). The molecule has 144 valence electrons. The van der Waals surface area contributed by atoms with Crippen LogP contribution >= 0.6 is 0 Å². The summed E-state index contributed by atoms with van der Waals surface area (Å²) in [5, 5.41) is 3.17. The van der Waals surface area contributed by atoms with Crippen molar-refractivity contribution in [2.45, 2.75) is 32.6 Å². The Morgan fingerprint density at radius 1 is 1.07 bits per heavy atom. The first-order valence-electron chi connectivity index (χ1n) is 9.98. The summed E-state index contributed by atoms with van der Waals surface area (Å²) in [5.41, 5.74) is 4.35. The van der Waals surface area contributed by atoms with Gasteiger partial charge in [0.25, 0.3) is 0 Å². The monoisotopic (exact) mass is 365 g/mol. The number of likely N-dealkylation sites (N-methyl/N-ethyl adjacent to an activating group) is 1. The Bertz CT molecular complexity index is 751. The van der Waals surface area contributed by atoms with E-state index in [1.165, 1.54) is 5.69 Å². The van der Waals surface area contributed by atoms with Crippen LogP contribution in [-0.2, 0) is 4.79 Å². The van der Waals surface area contributed by atoms with Gasteiger partial charge in [-0.05, 0) is 49.7 Å². The molecule has 0 spiro atoms. The summed E-state index contributed by atoms with van der Waals surface area (Å²) < 4.78 is 0. The minimum Gasteiger partial charge on any atom is -0.369 e. The molecule has 1 saturated heterocycles. The highest BCUT2D eigenvalue weighted by Gasteiger charge is 2.21. The smallest absolute Gasteiger partial charge is 0.231 e. The Labute approximate surface area is 163 Å². The van der Waals surface area contributed by atoms with Crippen molar-refractivity contribution in [3.05, 3.63) is 59.7 Å². The zero-order chi connectivity index (χ0) is 19.2. The summed E-state index contributed by atoms with van der Waals surface area (Å²) in [4.78, 5) is 17.7. The van der Waals surface area contributed by atoms with Crippen LogP contribution in [0.25, 0.3) is 0 Å². The van der Waals surface area contributed by atoms with Gasteiger partial charge < -0.3 is 15.1 Å². The summed E-state index contributed by atoms with van der Waals surface area (Å²) in [6.07, 6.45) is 1.84. The van der Waals surface area contributed by atoms with Crippen molar-refractivity contribution in [3.8, 4) is 0 Å². The van der Waals surface area contributed by atoms with E-state index in [-0.39, 0.29) is 11.8 Å². The fourth-order valence-electron chi connectivity index (χ4n) is 3.69. The predicted molar refractivity (Wildman–Crippen MR) is 114 cm³/mol. The number of hydrogen-bond acceptors (Lipinski definition) is 3. The van der Waals surface area contributed by atoms with Crippen molar-refractivity contribution in [1.82, 2.24) is 4.90 Å². The van der Waals surface area contributed by atoms with Crippen molar-refractivity contribution in [2.75, 3.05) is 43.4 Å². The molecular weight excluding hydrogens is 334 g/mol. The van der Waals surface area contributed by atoms with Crippen LogP contribution in [0.4, 0.5) is 11.4 Å². The van der Waals surface area contributed by atoms with E-state index in [9.17, 15) is 4.79 Å². The molecule has 0 aliphatic carbocycles. The van der Waals surface area contributed by atoms with Crippen molar-refractivity contribution in [3.63, 3.8) is 0 Å². The molecular formula is C23H31N3O. The van der Waals surface area contributed by atoms with Crippen LogP contribution in [0.2, 0.25) is 0 Å². The third-order valence-electron chi connectivity index (χ3n) is 5.43. The van der Waals surface area contributed by atoms with E-state index in [1.54, 1.807) is 0 Å². The normalized spacial score (nSPS) is 16.2. The molecule has 1 atom stereocenters. The Hall–Kier alpha value is -2.33. The highest BCUT2D eigenvalue weighted by molar-refractivity contribution is 5.96. The number of amides is 1. The van der Waals surface area contributed by atoms with Crippen molar-refractivity contribution in [2.24, 2.45) is 0 Å². The van der Waals surface area contributed by atoms with Gasteiger partial charge in [0.05, 0.1) is 5.92 Å². The van der Waals surface area contributed by atoms with Crippen LogP contribution in [0.5, 0.6) is 0 Å². The zero-order valence-electron chi connectivity index (χ0n) is 16.7. The number of carbonyl (C=O) groups excluding carboxylic acids is 1. The lowest BCUT2D eigenvalue weighted by atomic mass is 9.93. The highest BCUT2D eigenvalue weighted by Crippen LogP contribution is 2.27. The molecule has 0 radical (unpaired) electrons. The van der Waals surface area contributed by atoms with Gasteiger partial charge in [0.2, 0.25) is 5.91 Å². The number of carbonyl (C=O) groups is 1. The number of nitrogens with one attached hydrogen (secondary N) is 1. The lowest BCUT2D eigenvalue weighted by molar-refractivity contribution is -0.117. The second-order valence-corrected chi connectivity index (χ2v) is 7.53. The molecule has 1 aliphatic heterocycles. The maximum absolute atomic E-state index is 13.0. The lowest BCUT2D eigenvalue weighted by Gasteiger charge is -2.34. The number of rotatable bonds is 6. The Morgan fingerprint density at radius 2 is 1.78 bits per heavy atom. The highest BCUT2D eigenvalue weighted by atomic mass is 16.1. The molecule has 3 rings (SSSR count). The molecule has 2 aromatic carbocycles. The first kappa shape index (κ1) is 19.4. The van der Waals surface area contributed by atoms with Gasteiger partial charge >= 0.3 is 0 Å². The first-order chi connectivity index (χ1) is 13.1. The van der Waals surface area contributed by atoms with Gasteiger partial charge in [-0.1, -0.05) is 43.7 Å². The third-order valence-corrected chi connectivity index (χ3v) is 5.43. The second-order valence-electron chi connectivity index (χ2n) is 7.53. The van der Waals surface area contributed by atoms with Gasteiger partial charge in [-0.25, -0.2) is 0 Å². The van der Waals surface area contributed by atoms with E-state index in [4.69, 9.17) is 0 Å².